The number of rotatable bonds is 2. The molecule has 0 aliphatic heterocycles. The van der Waals surface area contributed by atoms with E-state index in [2.05, 4.69) is 15.3 Å². The van der Waals surface area contributed by atoms with E-state index in [1.165, 1.54) is 12.1 Å². The van der Waals surface area contributed by atoms with Crippen molar-refractivity contribution < 1.29 is 9.18 Å². The fourth-order valence-corrected chi connectivity index (χ4v) is 1.97. The Morgan fingerprint density at radius 2 is 2.15 bits per heavy atom. The lowest BCUT2D eigenvalue weighted by Gasteiger charge is -2.02. The normalized spacial score (nSPS) is 10.7. The highest BCUT2D eigenvalue weighted by Crippen LogP contribution is 2.19. The first-order valence-corrected chi connectivity index (χ1v) is 6.15. The van der Waals surface area contributed by atoms with Gasteiger partial charge >= 0.3 is 0 Å². The van der Waals surface area contributed by atoms with Gasteiger partial charge in [0.05, 0.1) is 0 Å². The third-order valence-corrected chi connectivity index (χ3v) is 3.01. The Balaban J connectivity index is 1.89. The molecule has 2 heterocycles. The molecule has 1 amide bonds. The van der Waals surface area contributed by atoms with Crippen LogP contribution in [0.3, 0.4) is 0 Å². The first-order chi connectivity index (χ1) is 9.63. The van der Waals surface area contributed by atoms with Crippen molar-refractivity contribution >= 4 is 22.6 Å². The van der Waals surface area contributed by atoms with Crippen LogP contribution >= 0.6 is 0 Å². The van der Waals surface area contributed by atoms with E-state index in [0.29, 0.717) is 22.4 Å². The predicted octanol–water partition coefficient (Wildman–Crippen LogP) is 3.26. The minimum atomic E-state index is -0.355. The van der Waals surface area contributed by atoms with Gasteiger partial charge in [-0.2, -0.15) is 0 Å². The highest BCUT2D eigenvalue weighted by Gasteiger charge is 2.12. The molecular formula is C15H12FN3O. The number of anilines is 1. The van der Waals surface area contributed by atoms with Crippen LogP contribution in [-0.2, 0) is 0 Å². The maximum absolute atomic E-state index is 13.6. The summed E-state index contributed by atoms with van der Waals surface area (Å²) in [6.07, 6.45) is 1.67. The average molecular weight is 269 g/mol. The van der Waals surface area contributed by atoms with Gasteiger partial charge in [0.2, 0.25) is 0 Å². The maximum Gasteiger partial charge on any atom is 0.273 e. The van der Waals surface area contributed by atoms with Crippen molar-refractivity contribution in [3.8, 4) is 0 Å². The number of fused-ring (bicyclic) bond motifs is 1. The van der Waals surface area contributed by atoms with E-state index < -0.39 is 0 Å². The number of H-pyrrole nitrogens is 1. The standard InChI is InChI=1S/C15H12FN3O/c1-9-5-6-14(17-8-9)19-15(20)13-7-10-11(16)3-2-4-12(10)18-13/h2-8,18H,1H3,(H,17,19,20). The summed E-state index contributed by atoms with van der Waals surface area (Å²) in [6.45, 7) is 1.92. The number of amides is 1. The van der Waals surface area contributed by atoms with Crippen LogP contribution in [0.2, 0.25) is 0 Å². The van der Waals surface area contributed by atoms with Crippen molar-refractivity contribution in [1.29, 1.82) is 0 Å². The lowest BCUT2D eigenvalue weighted by atomic mass is 10.2. The van der Waals surface area contributed by atoms with Gasteiger partial charge in [-0.15, -0.1) is 0 Å². The molecule has 0 bridgehead atoms. The molecule has 0 radical (unpaired) electrons. The summed E-state index contributed by atoms with van der Waals surface area (Å²) in [5.74, 6) is -0.247. The van der Waals surface area contributed by atoms with Crippen LogP contribution in [0.4, 0.5) is 10.2 Å². The van der Waals surface area contributed by atoms with Gasteiger partial charge in [-0.25, -0.2) is 9.37 Å². The average Bonchev–Trinajstić information content (AvgIpc) is 2.87. The second kappa shape index (κ2) is 4.77. The molecule has 5 heteroatoms. The van der Waals surface area contributed by atoms with E-state index >= 15 is 0 Å². The van der Waals surface area contributed by atoms with Crippen molar-refractivity contribution in [1.82, 2.24) is 9.97 Å². The molecule has 0 aliphatic carbocycles. The van der Waals surface area contributed by atoms with Gasteiger partial charge in [0, 0.05) is 17.1 Å². The van der Waals surface area contributed by atoms with Gasteiger partial charge in [0.25, 0.3) is 5.91 Å². The number of nitrogens with one attached hydrogen (secondary N) is 2. The molecule has 20 heavy (non-hydrogen) atoms. The molecule has 0 saturated heterocycles. The molecule has 0 fully saturated rings. The van der Waals surface area contributed by atoms with E-state index in [4.69, 9.17) is 0 Å². The van der Waals surface area contributed by atoms with Crippen LogP contribution in [0.1, 0.15) is 16.1 Å². The van der Waals surface area contributed by atoms with Crippen molar-refractivity contribution in [2.24, 2.45) is 0 Å². The van der Waals surface area contributed by atoms with Gasteiger partial charge in [-0.05, 0) is 36.8 Å². The summed E-state index contributed by atoms with van der Waals surface area (Å²) in [4.78, 5) is 19.1. The van der Waals surface area contributed by atoms with E-state index in [0.717, 1.165) is 5.56 Å². The van der Waals surface area contributed by atoms with Gasteiger partial charge in [0.1, 0.15) is 17.3 Å². The van der Waals surface area contributed by atoms with Crippen LogP contribution < -0.4 is 5.32 Å². The third kappa shape index (κ3) is 2.25. The lowest BCUT2D eigenvalue weighted by Crippen LogP contribution is -2.13. The van der Waals surface area contributed by atoms with E-state index in [9.17, 15) is 9.18 Å². The molecule has 3 rings (SSSR count). The monoisotopic (exact) mass is 269 g/mol. The molecule has 0 spiro atoms. The molecule has 0 saturated carbocycles. The molecule has 4 nitrogen and oxygen atoms in total. The molecule has 1 aromatic carbocycles. The summed E-state index contributed by atoms with van der Waals surface area (Å²) in [5.41, 5.74) is 1.90. The number of nitrogens with zero attached hydrogens (tertiary/aromatic N) is 1. The van der Waals surface area contributed by atoms with E-state index in [-0.39, 0.29) is 11.7 Å². The van der Waals surface area contributed by atoms with Crippen molar-refractivity contribution in [2.75, 3.05) is 5.32 Å². The minimum Gasteiger partial charge on any atom is -0.350 e. The molecule has 2 N–H and O–H groups in total. The topological polar surface area (TPSA) is 57.8 Å². The first kappa shape index (κ1) is 12.3. The fourth-order valence-electron chi connectivity index (χ4n) is 1.97. The minimum absolute atomic E-state index is 0.299. The smallest absolute Gasteiger partial charge is 0.273 e. The van der Waals surface area contributed by atoms with Crippen LogP contribution in [0, 0.1) is 12.7 Å². The Morgan fingerprint density at radius 1 is 1.30 bits per heavy atom. The zero-order chi connectivity index (χ0) is 14.1. The van der Waals surface area contributed by atoms with Crippen molar-refractivity contribution in [2.45, 2.75) is 6.92 Å². The van der Waals surface area contributed by atoms with Crippen LogP contribution in [-0.4, -0.2) is 15.9 Å². The summed E-state index contributed by atoms with van der Waals surface area (Å²) < 4.78 is 13.6. The second-order valence-corrected chi connectivity index (χ2v) is 4.56. The predicted molar refractivity (Wildman–Crippen MR) is 75.2 cm³/mol. The van der Waals surface area contributed by atoms with Crippen LogP contribution in [0.15, 0.2) is 42.6 Å². The molecular weight excluding hydrogens is 257 g/mol. The third-order valence-electron chi connectivity index (χ3n) is 3.01. The second-order valence-electron chi connectivity index (χ2n) is 4.56. The number of aromatic amines is 1. The number of aromatic nitrogens is 2. The number of carbonyl (C=O) groups excluding carboxylic acids is 1. The summed E-state index contributed by atoms with van der Waals surface area (Å²) in [7, 11) is 0. The molecule has 0 unspecified atom stereocenters. The zero-order valence-electron chi connectivity index (χ0n) is 10.8. The number of pyridine rings is 1. The molecule has 0 aliphatic rings. The molecule has 2 aromatic heterocycles. The van der Waals surface area contributed by atoms with Gasteiger partial charge in [-0.3, -0.25) is 4.79 Å². The largest absolute Gasteiger partial charge is 0.350 e. The lowest BCUT2D eigenvalue weighted by molar-refractivity contribution is 0.102. The van der Waals surface area contributed by atoms with Gasteiger partial charge in [-0.1, -0.05) is 12.1 Å². The number of hydrogen-bond donors (Lipinski definition) is 2. The van der Waals surface area contributed by atoms with E-state index in [1.54, 1.807) is 24.4 Å². The Morgan fingerprint density at radius 3 is 2.85 bits per heavy atom. The SMILES string of the molecule is Cc1ccc(NC(=O)c2cc3c(F)cccc3[nH]2)nc1. The number of halogens is 1. The molecule has 3 aromatic rings. The first-order valence-electron chi connectivity index (χ1n) is 6.15. The molecule has 0 atom stereocenters. The fraction of sp³-hybridized carbons (Fsp3) is 0.0667. The number of benzene rings is 1. The highest BCUT2D eigenvalue weighted by molar-refractivity contribution is 6.05. The summed E-state index contributed by atoms with van der Waals surface area (Å²) in [5, 5.41) is 3.06. The van der Waals surface area contributed by atoms with E-state index in [1.807, 2.05) is 13.0 Å². The maximum atomic E-state index is 13.6. The summed E-state index contributed by atoms with van der Waals surface area (Å²) in [6, 6.07) is 9.74. The van der Waals surface area contributed by atoms with Crippen molar-refractivity contribution in [3.63, 3.8) is 0 Å². The number of hydrogen-bond acceptors (Lipinski definition) is 2. The molecule has 100 valence electrons. The highest BCUT2D eigenvalue weighted by atomic mass is 19.1. The van der Waals surface area contributed by atoms with Gasteiger partial charge in [0.15, 0.2) is 0 Å². The Labute approximate surface area is 114 Å². The van der Waals surface area contributed by atoms with Gasteiger partial charge < -0.3 is 10.3 Å². The van der Waals surface area contributed by atoms with Crippen molar-refractivity contribution in [3.05, 3.63) is 59.7 Å². The van der Waals surface area contributed by atoms with Crippen LogP contribution in [0.25, 0.3) is 10.9 Å². The Kier molecular flexibility index (Phi) is 2.95. The Hall–Kier alpha value is -2.69. The number of aryl methyl sites for hydroxylation is 1. The number of carbonyl (C=O) groups is 1. The Bertz CT molecular complexity index is 777. The quantitative estimate of drug-likeness (QED) is 0.750. The summed E-state index contributed by atoms with van der Waals surface area (Å²) >= 11 is 0. The zero-order valence-corrected chi connectivity index (χ0v) is 10.8. The van der Waals surface area contributed by atoms with Crippen LogP contribution in [0.5, 0.6) is 0 Å².